The number of anilines is 1. The van der Waals surface area contributed by atoms with Crippen LogP contribution in [0.2, 0.25) is 0 Å². The molecule has 0 aliphatic heterocycles. The number of benzene rings is 1. The minimum atomic E-state index is -0.484. The molecule has 1 aromatic carbocycles. The lowest BCUT2D eigenvalue weighted by molar-refractivity contribution is 0.0141. The summed E-state index contributed by atoms with van der Waals surface area (Å²) in [6.45, 7) is 9.46. The zero-order chi connectivity index (χ0) is 25.3. The van der Waals surface area contributed by atoms with Crippen LogP contribution in [0, 0.1) is 5.41 Å². The summed E-state index contributed by atoms with van der Waals surface area (Å²) in [5.74, 6) is -0.344. The van der Waals surface area contributed by atoms with Gasteiger partial charge in [-0.3, -0.25) is 9.59 Å². The number of Topliss-reactive ketones (excluding diaryl/α,β-unsaturated/α-hetero) is 1. The molecule has 0 atom stereocenters. The largest absolute Gasteiger partial charge is 0.378 e. The fraction of sp³-hybridized carbons (Fsp3) is 0.500. The van der Waals surface area contributed by atoms with Crippen molar-refractivity contribution in [2.75, 3.05) is 51.5 Å². The third kappa shape index (κ3) is 7.96. The van der Waals surface area contributed by atoms with Gasteiger partial charge in [0.15, 0.2) is 11.5 Å². The number of rotatable bonds is 14. The van der Waals surface area contributed by atoms with Crippen LogP contribution in [-0.2, 0) is 20.8 Å². The molecule has 1 amide bonds. The topological polar surface area (TPSA) is 146 Å². The van der Waals surface area contributed by atoms with E-state index in [-0.39, 0.29) is 17.4 Å². The second kappa shape index (κ2) is 12.5. The third-order valence-corrected chi connectivity index (χ3v) is 5.05. The monoisotopic (exact) mass is 486 g/mol. The van der Waals surface area contributed by atoms with E-state index in [4.69, 9.17) is 19.9 Å². The van der Waals surface area contributed by atoms with Crippen molar-refractivity contribution in [2.24, 2.45) is 11.1 Å². The lowest BCUT2D eigenvalue weighted by Gasteiger charge is -2.14. The molecule has 0 saturated carbocycles. The molecule has 35 heavy (non-hydrogen) atoms. The fourth-order valence-electron chi connectivity index (χ4n) is 3.23. The number of hydrogen-bond acceptors (Lipinski definition) is 8. The summed E-state index contributed by atoms with van der Waals surface area (Å²) in [6.07, 6.45) is 1.57. The maximum absolute atomic E-state index is 12.6. The first kappa shape index (κ1) is 26.5. The SMILES string of the molecule is CC(C)(C)C(=O)c1cc2cc(NC(=O)c3cn(CCOCCOCCOCCN)nn3)ccc2[nH]1. The molecule has 2 heterocycles. The molecular formula is C24H34N6O5. The van der Waals surface area contributed by atoms with E-state index in [0.29, 0.717) is 64.1 Å². The van der Waals surface area contributed by atoms with Crippen LogP contribution in [-0.4, -0.2) is 77.9 Å². The standard InChI is InChI=1S/C24H34N6O5/c1-24(2,3)22(31)20-15-17-14-18(4-5-19(17)27-20)26-23(32)21-16-30(29-28-21)7-9-34-11-13-35-12-10-33-8-6-25/h4-5,14-16,27H,6-13,25H2,1-3H3,(H,26,32). The molecule has 3 aromatic rings. The minimum Gasteiger partial charge on any atom is -0.378 e. The van der Waals surface area contributed by atoms with E-state index in [0.717, 1.165) is 10.9 Å². The number of aromatic nitrogens is 4. The van der Waals surface area contributed by atoms with Crippen LogP contribution in [0.25, 0.3) is 10.9 Å². The van der Waals surface area contributed by atoms with Gasteiger partial charge in [0, 0.05) is 28.6 Å². The van der Waals surface area contributed by atoms with E-state index >= 15 is 0 Å². The number of aromatic amines is 1. The van der Waals surface area contributed by atoms with Gasteiger partial charge in [0.25, 0.3) is 5.91 Å². The molecular weight excluding hydrogens is 452 g/mol. The molecule has 0 aliphatic rings. The van der Waals surface area contributed by atoms with E-state index in [9.17, 15) is 9.59 Å². The number of carbonyl (C=O) groups excluding carboxylic acids is 2. The zero-order valence-corrected chi connectivity index (χ0v) is 20.5. The number of hydrogen-bond donors (Lipinski definition) is 3. The lowest BCUT2D eigenvalue weighted by atomic mass is 9.89. The third-order valence-electron chi connectivity index (χ3n) is 5.05. The first-order valence-electron chi connectivity index (χ1n) is 11.6. The Hall–Kier alpha value is -3.12. The Morgan fingerprint density at radius 2 is 1.71 bits per heavy atom. The highest BCUT2D eigenvalue weighted by Crippen LogP contribution is 2.25. The van der Waals surface area contributed by atoms with Crippen molar-refractivity contribution < 1.29 is 23.8 Å². The Balaban J connectivity index is 1.43. The molecule has 11 nitrogen and oxygen atoms in total. The summed E-state index contributed by atoms with van der Waals surface area (Å²) in [5.41, 5.74) is 7.02. The van der Waals surface area contributed by atoms with Gasteiger partial charge in [-0.2, -0.15) is 0 Å². The molecule has 4 N–H and O–H groups in total. The maximum atomic E-state index is 12.6. The number of ether oxygens (including phenoxy) is 3. The van der Waals surface area contributed by atoms with Crippen molar-refractivity contribution in [1.29, 1.82) is 0 Å². The van der Waals surface area contributed by atoms with Crippen molar-refractivity contribution in [3.05, 3.63) is 41.9 Å². The number of nitrogens with one attached hydrogen (secondary N) is 2. The molecule has 0 spiro atoms. The summed E-state index contributed by atoms with van der Waals surface area (Å²) >= 11 is 0. The molecule has 0 saturated heterocycles. The second-order valence-corrected chi connectivity index (χ2v) is 9.01. The van der Waals surface area contributed by atoms with Gasteiger partial charge in [0.05, 0.1) is 58.1 Å². The van der Waals surface area contributed by atoms with E-state index in [1.54, 1.807) is 23.0 Å². The smallest absolute Gasteiger partial charge is 0.277 e. The van der Waals surface area contributed by atoms with E-state index in [1.807, 2.05) is 32.9 Å². The normalized spacial score (nSPS) is 11.8. The van der Waals surface area contributed by atoms with Crippen LogP contribution < -0.4 is 11.1 Å². The molecule has 0 aliphatic carbocycles. The highest BCUT2D eigenvalue weighted by atomic mass is 16.5. The van der Waals surface area contributed by atoms with Gasteiger partial charge in [-0.25, -0.2) is 4.68 Å². The predicted octanol–water partition coefficient (Wildman–Crippen LogP) is 2.25. The average molecular weight is 487 g/mol. The van der Waals surface area contributed by atoms with E-state index in [1.165, 1.54) is 0 Å². The number of amides is 1. The van der Waals surface area contributed by atoms with Gasteiger partial charge in [0.1, 0.15) is 0 Å². The minimum absolute atomic E-state index is 0.0281. The molecule has 190 valence electrons. The van der Waals surface area contributed by atoms with Crippen LogP contribution in [0.1, 0.15) is 41.7 Å². The number of nitrogens with two attached hydrogens (primary N) is 1. The molecule has 2 aromatic heterocycles. The molecule has 11 heteroatoms. The van der Waals surface area contributed by atoms with Crippen LogP contribution in [0.4, 0.5) is 5.69 Å². The summed E-state index contributed by atoms with van der Waals surface area (Å²) in [6, 6.07) is 7.21. The molecule has 0 bridgehead atoms. The van der Waals surface area contributed by atoms with Gasteiger partial charge in [-0.05, 0) is 24.3 Å². The summed E-state index contributed by atoms with van der Waals surface area (Å²) in [4.78, 5) is 28.3. The average Bonchev–Trinajstić information content (AvgIpc) is 3.46. The molecule has 0 fully saturated rings. The van der Waals surface area contributed by atoms with Crippen LogP contribution in [0.5, 0.6) is 0 Å². The van der Waals surface area contributed by atoms with Crippen molar-refractivity contribution in [3.63, 3.8) is 0 Å². The zero-order valence-electron chi connectivity index (χ0n) is 20.5. The first-order valence-corrected chi connectivity index (χ1v) is 11.6. The summed E-state index contributed by atoms with van der Waals surface area (Å²) in [5, 5.41) is 11.6. The van der Waals surface area contributed by atoms with Crippen molar-refractivity contribution in [3.8, 4) is 0 Å². The van der Waals surface area contributed by atoms with Gasteiger partial charge in [-0.1, -0.05) is 26.0 Å². The van der Waals surface area contributed by atoms with Crippen molar-refractivity contribution in [2.45, 2.75) is 27.3 Å². The summed E-state index contributed by atoms with van der Waals surface area (Å²) in [7, 11) is 0. The Morgan fingerprint density at radius 1 is 1.03 bits per heavy atom. The van der Waals surface area contributed by atoms with Gasteiger partial charge < -0.3 is 30.2 Å². The first-order chi connectivity index (χ1) is 16.8. The van der Waals surface area contributed by atoms with Crippen LogP contribution in [0.3, 0.4) is 0 Å². The number of H-pyrrole nitrogens is 1. The molecule has 3 rings (SSSR count). The van der Waals surface area contributed by atoms with Crippen molar-refractivity contribution in [1.82, 2.24) is 20.0 Å². The Bertz CT molecular complexity index is 1120. The Kier molecular flexibility index (Phi) is 9.49. The fourth-order valence-corrected chi connectivity index (χ4v) is 3.23. The highest BCUT2D eigenvalue weighted by molar-refractivity contribution is 6.05. The molecule has 0 radical (unpaired) electrons. The Morgan fingerprint density at radius 3 is 2.40 bits per heavy atom. The van der Waals surface area contributed by atoms with Crippen LogP contribution >= 0.6 is 0 Å². The maximum Gasteiger partial charge on any atom is 0.277 e. The number of ketones is 1. The van der Waals surface area contributed by atoms with Gasteiger partial charge >= 0.3 is 0 Å². The summed E-state index contributed by atoms with van der Waals surface area (Å²) < 4.78 is 17.7. The van der Waals surface area contributed by atoms with Gasteiger partial charge in [-0.15, -0.1) is 5.10 Å². The number of carbonyl (C=O) groups is 2. The van der Waals surface area contributed by atoms with Crippen LogP contribution in [0.15, 0.2) is 30.5 Å². The number of nitrogens with zero attached hydrogens (tertiary/aromatic N) is 3. The van der Waals surface area contributed by atoms with Crippen molar-refractivity contribution >= 4 is 28.3 Å². The lowest BCUT2D eigenvalue weighted by Crippen LogP contribution is -2.20. The van der Waals surface area contributed by atoms with E-state index in [2.05, 4.69) is 20.6 Å². The molecule has 0 unspecified atom stereocenters. The number of fused-ring (bicyclic) bond motifs is 1. The quantitative estimate of drug-likeness (QED) is 0.232. The van der Waals surface area contributed by atoms with Gasteiger partial charge in [0.2, 0.25) is 0 Å². The Labute approximate surface area is 204 Å². The predicted molar refractivity (Wildman–Crippen MR) is 132 cm³/mol. The van der Waals surface area contributed by atoms with E-state index < -0.39 is 5.41 Å². The highest BCUT2D eigenvalue weighted by Gasteiger charge is 2.24. The second-order valence-electron chi connectivity index (χ2n) is 9.01.